The lowest BCUT2D eigenvalue weighted by molar-refractivity contribution is -0.0449. The first-order chi connectivity index (χ1) is 8.63. The number of carbonyl (C=O) groups excluding carboxylic acids is 1. The average molecular weight is 252 g/mol. The van der Waals surface area contributed by atoms with E-state index in [0.29, 0.717) is 25.4 Å². The van der Waals surface area contributed by atoms with Crippen LogP contribution in [0.15, 0.2) is 18.3 Å². The zero-order chi connectivity index (χ0) is 13.1. The summed E-state index contributed by atoms with van der Waals surface area (Å²) in [6.07, 6.45) is 1.66. The van der Waals surface area contributed by atoms with Gasteiger partial charge in [-0.1, -0.05) is 0 Å². The van der Waals surface area contributed by atoms with Crippen molar-refractivity contribution in [1.82, 2.24) is 9.47 Å². The van der Waals surface area contributed by atoms with E-state index in [1.165, 1.54) is 0 Å². The number of hydrogen-bond acceptors (Lipinski definition) is 3. The molecule has 5 heteroatoms. The molecular weight excluding hydrogens is 232 g/mol. The molecule has 0 radical (unpaired) electrons. The number of aliphatic hydroxyl groups is 1. The van der Waals surface area contributed by atoms with Crippen molar-refractivity contribution in [1.29, 1.82) is 0 Å². The van der Waals surface area contributed by atoms with Crippen molar-refractivity contribution in [3.63, 3.8) is 0 Å². The Kier molecular flexibility index (Phi) is 4.04. The summed E-state index contributed by atoms with van der Waals surface area (Å²) in [6, 6.07) is 3.98. The Labute approximate surface area is 107 Å². The Morgan fingerprint density at radius 1 is 1.61 bits per heavy atom. The largest absolute Gasteiger partial charge is 0.394 e. The van der Waals surface area contributed by atoms with E-state index < -0.39 is 0 Å². The predicted octanol–water partition coefficient (Wildman–Crippen LogP) is 0.902. The molecule has 1 unspecified atom stereocenters. The Morgan fingerprint density at radius 3 is 3.06 bits per heavy atom. The third-order valence-electron chi connectivity index (χ3n) is 3.18. The fourth-order valence-corrected chi connectivity index (χ4v) is 2.20. The highest BCUT2D eigenvalue weighted by atomic mass is 16.5. The SMILES string of the molecule is CC(C)n1cccc1C(=O)N1CCOC(CO)C1. The van der Waals surface area contributed by atoms with Gasteiger partial charge in [0, 0.05) is 25.3 Å². The van der Waals surface area contributed by atoms with E-state index in [1.54, 1.807) is 4.90 Å². The highest BCUT2D eigenvalue weighted by Gasteiger charge is 2.26. The summed E-state index contributed by atoms with van der Waals surface area (Å²) in [5, 5.41) is 9.10. The molecule has 100 valence electrons. The van der Waals surface area contributed by atoms with Gasteiger partial charge >= 0.3 is 0 Å². The second-order valence-electron chi connectivity index (χ2n) is 4.82. The van der Waals surface area contributed by atoms with E-state index >= 15 is 0 Å². The maximum absolute atomic E-state index is 12.4. The smallest absolute Gasteiger partial charge is 0.270 e. The third-order valence-corrected chi connectivity index (χ3v) is 3.18. The minimum Gasteiger partial charge on any atom is -0.394 e. The van der Waals surface area contributed by atoms with Gasteiger partial charge in [0.25, 0.3) is 5.91 Å². The third kappa shape index (κ3) is 2.57. The van der Waals surface area contributed by atoms with Crippen molar-refractivity contribution in [3.8, 4) is 0 Å². The highest BCUT2D eigenvalue weighted by Crippen LogP contribution is 2.15. The average Bonchev–Trinajstić information content (AvgIpc) is 2.87. The summed E-state index contributed by atoms with van der Waals surface area (Å²) < 4.78 is 7.32. The van der Waals surface area contributed by atoms with Crippen molar-refractivity contribution in [3.05, 3.63) is 24.0 Å². The van der Waals surface area contributed by atoms with Gasteiger partial charge in [-0.3, -0.25) is 4.79 Å². The maximum atomic E-state index is 12.4. The first kappa shape index (κ1) is 13.1. The molecule has 18 heavy (non-hydrogen) atoms. The molecule has 1 aliphatic rings. The second-order valence-corrected chi connectivity index (χ2v) is 4.82. The Hall–Kier alpha value is -1.33. The van der Waals surface area contributed by atoms with Gasteiger partial charge in [0.1, 0.15) is 5.69 Å². The number of morpholine rings is 1. The monoisotopic (exact) mass is 252 g/mol. The number of aromatic nitrogens is 1. The van der Waals surface area contributed by atoms with Crippen LogP contribution in [-0.2, 0) is 4.74 Å². The fraction of sp³-hybridized carbons (Fsp3) is 0.615. The first-order valence-electron chi connectivity index (χ1n) is 6.32. The van der Waals surface area contributed by atoms with E-state index in [2.05, 4.69) is 0 Å². The number of rotatable bonds is 3. The Bertz CT molecular complexity index is 414. The molecule has 1 aliphatic heterocycles. The van der Waals surface area contributed by atoms with Crippen LogP contribution in [0.1, 0.15) is 30.4 Å². The number of ether oxygens (including phenoxy) is 1. The lowest BCUT2D eigenvalue weighted by atomic mass is 10.2. The van der Waals surface area contributed by atoms with Gasteiger partial charge in [0.2, 0.25) is 0 Å². The van der Waals surface area contributed by atoms with Crippen LogP contribution in [0.3, 0.4) is 0 Å². The van der Waals surface area contributed by atoms with Crippen LogP contribution in [0.4, 0.5) is 0 Å². The van der Waals surface area contributed by atoms with Crippen LogP contribution in [-0.4, -0.2) is 52.9 Å². The van der Waals surface area contributed by atoms with Crippen molar-refractivity contribution in [2.45, 2.75) is 26.0 Å². The Morgan fingerprint density at radius 2 is 2.39 bits per heavy atom. The summed E-state index contributed by atoms with van der Waals surface area (Å²) >= 11 is 0. The van der Waals surface area contributed by atoms with Crippen LogP contribution >= 0.6 is 0 Å². The molecule has 1 N–H and O–H groups in total. The quantitative estimate of drug-likeness (QED) is 0.869. The van der Waals surface area contributed by atoms with Crippen molar-refractivity contribution in [2.75, 3.05) is 26.3 Å². The molecule has 1 atom stereocenters. The Balaban J connectivity index is 2.13. The van der Waals surface area contributed by atoms with Crippen molar-refractivity contribution in [2.24, 2.45) is 0 Å². The highest BCUT2D eigenvalue weighted by molar-refractivity contribution is 5.93. The molecule has 1 aromatic rings. The van der Waals surface area contributed by atoms with Crippen LogP contribution in [0, 0.1) is 0 Å². The normalized spacial score (nSPS) is 20.4. The zero-order valence-electron chi connectivity index (χ0n) is 10.9. The van der Waals surface area contributed by atoms with Crippen LogP contribution in [0.5, 0.6) is 0 Å². The second kappa shape index (κ2) is 5.54. The van der Waals surface area contributed by atoms with Crippen molar-refractivity contribution < 1.29 is 14.6 Å². The lowest BCUT2D eigenvalue weighted by Crippen LogP contribution is -2.47. The minimum absolute atomic E-state index is 0.00968. The molecule has 0 spiro atoms. The molecular formula is C13H20N2O3. The first-order valence-corrected chi connectivity index (χ1v) is 6.32. The van der Waals surface area contributed by atoms with E-state index in [4.69, 9.17) is 9.84 Å². The van der Waals surface area contributed by atoms with E-state index in [0.717, 1.165) is 0 Å². The maximum Gasteiger partial charge on any atom is 0.270 e. The molecule has 2 heterocycles. The molecule has 0 bridgehead atoms. The summed E-state index contributed by atoms with van der Waals surface area (Å²) in [4.78, 5) is 14.2. The van der Waals surface area contributed by atoms with Crippen LogP contribution in [0.25, 0.3) is 0 Å². The lowest BCUT2D eigenvalue weighted by Gasteiger charge is -2.32. The summed E-state index contributed by atoms with van der Waals surface area (Å²) in [6.45, 7) is 5.57. The fourth-order valence-electron chi connectivity index (χ4n) is 2.20. The number of carbonyl (C=O) groups is 1. The number of aliphatic hydroxyl groups excluding tert-OH is 1. The standard InChI is InChI=1S/C13H20N2O3/c1-10(2)15-5-3-4-12(15)13(17)14-6-7-18-11(8-14)9-16/h3-5,10-11,16H,6-9H2,1-2H3. The van der Waals surface area contributed by atoms with Gasteiger partial charge in [0.15, 0.2) is 0 Å². The molecule has 5 nitrogen and oxygen atoms in total. The minimum atomic E-state index is -0.259. The molecule has 2 rings (SSSR count). The number of hydrogen-bond donors (Lipinski definition) is 1. The van der Waals surface area contributed by atoms with Gasteiger partial charge in [0.05, 0.1) is 19.3 Å². The number of amides is 1. The number of nitrogens with zero attached hydrogens (tertiary/aromatic N) is 2. The topological polar surface area (TPSA) is 54.7 Å². The molecule has 0 saturated carbocycles. The van der Waals surface area contributed by atoms with Gasteiger partial charge in [-0.25, -0.2) is 0 Å². The summed E-state index contributed by atoms with van der Waals surface area (Å²) in [5.74, 6) is 0.00968. The van der Waals surface area contributed by atoms with Gasteiger partial charge in [-0.2, -0.15) is 0 Å². The van der Waals surface area contributed by atoms with Crippen LogP contribution < -0.4 is 0 Å². The molecule has 1 saturated heterocycles. The molecule has 1 amide bonds. The molecule has 1 aromatic heterocycles. The summed E-state index contributed by atoms with van der Waals surface area (Å²) in [5.41, 5.74) is 0.698. The molecule has 0 aromatic carbocycles. The summed E-state index contributed by atoms with van der Waals surface area (Å²) in [7, 11) is 0. The zero-order valence-corrected chi connectivity index (χ0v) is 10.9. The van der Waals surface area contributed by atoms with E-state index in [9.17, 15) is 4.79 Å². The molecule has 1 fully saturated rings. The molecule has 0 aliphatic carbocycles. The van der Waals surface area contributed by atoms with Gasteiger partial charge < -0.3 is 19.3 Å². The van der Waals surface area contributed by atoms with E-state index in [1.807, 2.05) is 36.7 Å². The van der Waals surface area contributed by atoms with Gasteiger partial charge in [-0.15, -0.1) is 0 Å². The van der Waals surface area contributed by atoms with Crippen LogP contribution in [0.2, 0.25) is 0 Å². The van der Waals surface area contributed by atoms with Gasteiger partial charge in [-0.05, 0) is 26.0 Å². The van der Waals surface area contributed by atoms with Crippen molar-refractivity contribution >= 4 is 5.91 Å². The predicted molar refractivity (Wildman–Crippen MR) is 67.5 cm³/mol. The van der Waals surface area contributed by atoms with E-state index in [-0.39, 0.29) is 24.7 Å².